The fourth-order valence-electron chi connectivity index (χ4n) is 2.18. The molecule has 0 aliphatic heterocycles. The lowest BCUT2D eigenvalue weighted by atomic mass is 10.0. The van der Waals surface area contributed by atoms with Crippen LogP contribution in [0.4, 0.5) is 13.2 Å². The molecule has 1 atom stereocenters. The fraction of sp³-hybridized carbons (Fsp3) is 0.333. The van der Waals surface area contributed by atoms with E-state index in [0.29, 0.717) is 16.9 Å². The summed E-state index contributed by atoms with van der Waals surface area (Å²) in [6.45, 7) is 4.16. The number of halogens is 3. The van der Waals surface area contributed by atoms with Crippen molar-refractivity contribution in [2.24, 2.45) is 5.92 Å². The minimum atomic E-state index is -1.17. The SMILES string of the molecule is CNC(c1ccc(-c2cc(F)c(F)cc2F)s1)C(C)C. The van der Waals surface area contributed by atoms with Gasteiger partial charge in [-0.1, -0.05) is 13.8 Å². The van der Waals surface area contributed by atoms with Crippen molar-refractivity contribution in [2.75, 3.05) is 7.05 Å². The maximum Gasteiger partial charge on any atom is 0.161 e. The number of hydrogen-bond donors (Lipinski definition) is 1. The Labute approximate surface area is 120 Å². The van der Waals surface area contributed by atoms with Crippen LogP contribution in [0.1, 0.15) is 24.8 Å². The summed E-state index contributed by atoms with van der Waals surface area (Å²) in [5.74, 6) is -2.58. The fourth-order valence-corrected chi connectivity index (χ4v) is 3.49. The molecule has 0 amide bonds. The Morgan fingerprint density at radius 3 is 2.25 bits per heavy atom. The zero-order valence-electron chi connectivity index (χ0n) is 11.5. The van der Waals surface area contributed by atoms with Crippen LogP contribution in [0.5, 0.6) is 0 Å². The van der Waals surface area contributed by atoms with Crippen molar-refractivity contribution in [3.05, 3.63) is 46.6 Å². The molecule has 1 aromatic heterocycles. The molecule has 0 aliphatic rings. The Hall–Kier alpha value is -1.33. The van der Waals surface area contributed by atoms with Gasteiger partial charge >= 0.3 is 0 Å². The van der Waals surface area contributed by atoms with Crippen LogP contribution < -0.4 is 5.32 Å². The van der Waals surface area contributed by atoms with E-state index in [1.807, 2.05) is 13.1 Å². The van der Waals surface area contributed by atoms with Crippen molar-refractivity contribution in [1.82, 2.24) is 5.32 Å². The van der Waals surface area contributed by atoms with Gasteiger partial charge in [0.2, 0.25) is 0 Å². The topological polar surface area (TPSA) is 12.0 Å². The van der Waals surface area contributed by atoms with Crippen LogP contribution in [0.25, 0.3) is 10.4 Å². The lowest BCUT2D eigenvalue weighted by Gasteiger charge is -2.18. The molecule has 0 fully saturated rings. The Morgan fingerprint density at radius 2 is 1.65 bits per heavy atom. The van der Waals surface area contributed by atoms with Gasteiger partial charge in [0, 0.05) is 27.4 Å². The van der Waals surface area contributed by atoms with Gasteiger partial charge in [-0.2, -0.15) is 0 Å². The van der Waals surface area contributed by atoms with Gasteiger partial charge < -0.3 is 5.32 Å². The van der Waals surface area contributed by atoms with Crippen LogP contribution in [0, 0.1) is 23.4 Å². The summed E-state index contributed by atoms with van der Waals surface area (Å²) in [7, 11) is 1.86. The first-order chi connectivity index (χ1) is 9.43. The molecule has 2 aromatic rings. The van der Waals surface area contributed by atoms with Gasteiger partial charge in [-0.05, 0) is 31.2 Å². The first-order valence-corrected chi connectivity index (χ1v) is 7.17. The smallest absolute Gasteiger partial charge is 0.161 e. The standard InChI is InChI=1S/C15H16F3NS/c1-8(2)15(19-3)14-5-4-13(20-14)9-6-11(17)12(18)7-10(9)16/h4-8,15,19H,1-3H3. The third kappa shape index (κ3) is 2.88. The third-order valence-electron chi connectivity index (χ3n) is 3.19. The van der Waals surface area contributed by atoms with E-state index in [9.17, 15) is 13.2 Å². The van der Waals surface area contributed by atoms with Crippen LogP contribution in [0.3, 0.4) is 0 Å². The molecule has 1 nitrogen and oxygen atoms in total. The van der Waals surface area contributed by atoms with Gasteiger partial charge in [0.25, 0.3) is 0 Å². The molecule has 5 heteroatoms. The minimum absolute atomic E-state index is 0.0961. The molecule has 108 valence electrons. The van der Waals surface area contributed by atoms with E-state index >= 15 is 0 Å². The average molecular weight is 299 g/mol. The highest BCUT2D eigenvalue weighted by molar-refractivity contribution is 7.15. The van der Waals surface area contributed by atoms with Crippen LogP contribution in [-0.4, -0.2) is 7.05 Å². The van der Waals surface area contributed by atoms with Gasteiger partial charge in [-0.3, -0.25) is 0 Å². The molecule has 0 saturated carbocycles. The molecular formula is C15H16F3NS. The number of nitrogens with one attached hydrogen (secondary N) is 1. The maximum atomic E-state index is 13.8. The Kier molecular flexibility index (Phi) is 4.50. The van der Waals surface area contributed by atoms with Gasteiger partial charge in [0.05, 0.1) is 0 Å². The average Bonchev–Trinajstić information content (AvgIpc) is 2.83. The predicted molar refractivity (Wildman–Crippen MR) is 76.3 cm³/mol. The van der Waals surface area contributed by atoms with E-state index in [4.69, 9.17) is 0 Å². The Bertz CT molecular complexity index is 607. The highest BCUT2D eigenvalue weighted by atomic mass is 32.1. The maximum absolute atomic E-state index is 13.8. The number of hydrogen-bond acceptors (Lipinski definition) is 2. The second-order valence-electron chi connectivity index (χ2n) is 4.96. The third-order valence-corrected chi connectivity index (χ3v) is 4.39. The minimum Gasteiger partial charge on any atom is -0.312 e. The summed E-state index contributed by atoms with van der Waals surface area (Å²) in [6.07, 6.45) is 0. The molecule has 0 spiro atoms. The largest absolute Gasteiger partial charge is 0.312 e. The van der Waals surface area contributed by atoms with Gasteiger partial charge in [0.1, 0.15) is 5.82 Å². The summed E-state index contributed by atoms with van der Waals surface area (Å²) < 4.78 is 40.0. The van der Waals surface area contributed by atoms with Crippen LogP contribution in [-0.2, 0) is 0 Å². The van der Waals surface area contributed by atoms with Crippen molar-refractivity contribution < 1.29 is 13.2 Å². The monoisotopic (exact) mass is 299 g/mol. The highest BCUT2D eigenvalue weighted by Gasteiger charge is 2.18. The van der Waals surface area contributed by atoms with Crippen LogP contribution in [0.2, 0.25) is 0 Å². The van der Waals surface area contributed by atoms with E-state index in [1.54, 1.807) is 6.07 Å². The quantitative estimate of drug-likeness (QED) is 0.803. The first kappa shape index (κ1) is 15.1. The van der Waals surface area contributed by atoms with Crippen LogP contribution >= 0.6 is 11.3 Å². The van der Waals surface area contributed by atoms with Crippen molar-refractivity contribution in [3.63, 3.8) is 0 Å². The van der Waals surface area contributed by atoms with E-state index in [0.717, 1.165) is 10.9 Å². The lowest BCUT2D eigenvalue weighted by Crippen LogP contribution is -2.20. The summed E-state index contributed by atoms with van der Waals surface area (Å²) in [6, 6.07) is 5.28. The lowest BCUT2D eigenvalue weighted by molar-refractivity contribution is 0.449. The molecule has 20 heavy (non-hydrogen) atoms. The van der Waals surface area contributed by atoms with Crippen molar-refractivity contribution in [2.45, 2.75) is 19.9 Å². The van der Waals surface area contributed by atoms with Crippen molar-refractivity contribution >= 4 is 11.3 Å². The molecule has 1 heterocycles. The number of thiophene rings is 1. The summed E-state index contributed by atoms with van der Waals surface area (Å²) in [5, 5.41) is 3.20. The predicted octanol–water partition coefficient (Wildman–Crippen LogP) is 4.75. The molecule has 1 N–H and O–H groups in total. The zero-order chi connectivity index (χ0) is 14.9. The molecular weight excluding hydrogens is 283 g/mol. The van der Waals surface area contributed by atoms with E-state index in [2.05, 4.69) is 19.2 Å². The normalized spacial score (nSPS) is 12.9. The molecule has 0 saturated heterocycles. The van der Waals surface area contributed by atoms with Crippen LogP contribution in [0.15, 0.2) is 24.3 Å². The second-order valence-corrected chi connectivity index (χ2v) is 6.07. The number of benzene rings is 1. The molecule has 0 radical (unpaired) electrons. The molecule has 2 rings (SSSR count). The van der Waals surface area contributed by atoms with Crippen molar-refractivity contribution in [1.29, 1.82) is 0 Å². The first-order valence-electron chi connectivity index (χ1n) is 6.36. The van der Waals surface area contributed by atoms with Gasteiger partial charge in [0.15, 0.2) is 11.6 Å². The molecule has 0 aliphatic carbocycles. The zero-order valence-corrected chi connectivity index (χ0v) is 12.3. The van der Waals surface area contributed by atoms with Gasteiger partial charge in [-0.15, -0.1) is 11.3 Å². The van der Waals surface area contributed by atoms with Gasteiger partial charge in [-0.25, -0.2) is 13.2 Å². The Morgan fingerprint density at radius 1 is 1.00 bits per heavy atom. The van der Waals surface area contributed by atoms with E-state index in [1.165, 1.54) is 11.3 Å². The Balaban J connectivity index is 2.41. The molecule has 1 unspecified atom stereocenters. The van der Waals surface area contributed by atoms with Crippen molar-refractivity contribution in [3.8, 4) is 10.4 Å². The second kappa shape index (κ2) is 5.97. The molecule has 0 bridgehead atoms. The van der Waals surface area contributed by atoms with E-state index < -0.39 is 17.5 Å². The molecule has 1 aromatic carbocycles. The highest BCUT2D eigenvalue weighted by Crippen LogP contribution is 2.35. The summed E-state index contributed by atoms with van der Waals surface area (Å²) in [5.41, 5.74) is 0.0961. The summed E-state index contributed by atoms with van der Waals surface area (Å²) in [4.78, 5) is 1.64. The summed E-state index contributed by atoms with van der Waals surface area (Å²) >= 11 is 1.38. The van der Waals surface area contributed by atoms with E-state index in [-0.39, 0.29) is 11.6 Å². The number of rotatable bonds is 4.